The third kappa shape index (κ3) is 4.61. The molecule has 3 aromatic heterocycles. The second-order valence-electron chi connectivity index (χ2n) is 7.11. The maximum absolute atomic E-state index is 14.9. The lowest BCUT2D eigenvalue weighted by Crippen LogP contribution is -2.46. The molecule has 0 bridgehead atoms. The van der Waals surface area contributed by atoms with Crippen molar-refractivity contribution in [1.82, 2.24) is 30.0 Å². The molecule has 1 aliphatic heterocycles. The minimum absolute atomic E-state index is 0.0372. The SMILES string of the molecule is FC(F)(F)Cn1cc(-c2cc3nccnc3c(NC[C@]3(F)CCCNC3)n2)cn1. The summed E-state index contributed by atoms with van der Waals surface area (Å²) in [5.74, 6) is 0.330. The highest BCUT2D eigenvalue weighted by molar-refractivity contribution is 5.88. The van der Waals surface area contributed by atoms with E-state index in [2.05, 4.69) is 30.7 Å². The van der Waals surface area contributed by atoms with E-state index in [1.54, 1.807) is 6.07 Å². The van der Waals surface area contributed by atoms with Crippen molar-refractivity contribution >= 4 is 16.9 Å². The van der Waals surface area contributed by atoms with E-state index in [-0.39, 0.29) is 13.1 Å². The van der Waals surface area contributed by atoms with Gasteiger partial charge in [0.05, 0.1) is 24.0 Å². The second-order valence-corrected chi connectivity index (χ2v) is 7.11. The van der Waals surface area contributed by atoms with Crippen LogP contribution in [0, 0.1) is 0 Å². The molecular formula is C18H19F4N7. The number of piperidine rings is 1. The molecule has 0 aromatic carbocycles. The molecular weight excluding hydrogens is 390 g/mol. The van der Waals surface area contributed by atoms with Gasteiger partial charge in [0.1, 0.15) is 17.7 Å². The lowest BCUT2D eigenvalue weighted by atomic mass is 9.96. The molecule has 0 unspecified atom stereocenters. The van der Waals surface area contributed by atoms with E-state index < -0.39 is 18.4 Å². The van der Waals surface area contributed by atoms with E-state index in [1.807, 2.05) is 0 Å². The third-order valence-electron chi connectivity index (χ3n) is 4.72. The fourth-order valence-corrected chi connectivity index (χ4v) is 3.33. The van der Waals surface area contributed by atoms with Crippen LogP contribution in [0.4, 0.5) is 23.4 Å². The molecule has 1 atom stereocenters. The molecule has 154 valence electrons. The van der Waals surface area contributed by atoms with E-state index in [0.717, 1.165) is 17.6 Å². The molecule has 1 fully saturated rings. The third-order valence-corrected chi connectivity index (χ3v) is 4.72. The van der Waals surface area contributed by atoms with Crippen LogP contribution in [0.2, 0.25) is 0 Å². The Morgan fingerprint density at radius 3 is 2.83 bits per heavy atom. The fraction of sp³-hybridized carbons (Fsp3) is 0.444. The standard InChI is InChI=1S/C18H19F4N7/c19-17(2-1-3-23-9-17)10-26-16-15-14(24-4-5-25-15)6-13(28-16)12-7-27-29(8-12)11-18(20,21)22/h4-8,23H,1-3,9-11H2,(H,26,28)/t17-/m0/s1. The molecule has 0 spiro atoms. The molecule has 1 saturated heterocycles. The van der Waals surface area contributed by atoms with Crippen LogP contribution in [0.15, 0.2) is 30.9 Å². The zero-order valence-electron chi connectivity index (χ0n) is 15.4. The van der Waals surface area contributed by atoms with E-state index in [9.17, 15) is 17.6 Å². The lowest BCUT2D eigenvalue weighted by molar-refractivity contribution is -0.142. The smallest absolute Gasteiger partial charge is 0.365 e. The van der Waals surface area contributed by atoms with Gasteiger partial charge in [-0.2, -0.15) is 18.3 Å². The summed E-state index contributed by atoms with van der Waals surface area (Å²) >= 11 is 0. The summed E-state index contributed by atoms with van der Waals surface area (Å²) in [6.45, 7) is -0.123. The van der Waals surface area contributed by atoms with Gasteiger partial charge in [0, 0.05) is 30.7 Å². The summed E-state index contributed by atoms with van der Waals surface area (Å²) in [6, 6.07) is 1.62. The normalized spacial score (nSPS) is 20.1. The molecule has 29 heavy (non-hydrogen) atoms. The number of alkyl halides is 4. The molecule has 0 aliphatic carbocycles. The van der Waals surface area contributed by atoms with Gasteiger partial charge in [-0.1, -0.05) is 0 Å². The number of nitrogens with zero attached hydrogens (tertiary/aromatic N) is 5. The second kappa shape index (κ2) is 7.54. The Morgan fingerprint density at radius 2 is 2.07 bits per heavy atom. The van der Waals surface area contributed by atoms with Crippen molar-refractivity contribution in [2.45, 2.75) is 31.2 Å². The highest BCUT2D eigenvalue weighted by atomic mass is 19.4. The predicted octanol–water partition coefficient (Wildman–Crippen LogP) is 2.95. The maximum atomic E-state index is 14.9. The van der Waals surface area contributed by atoms with Crippen molar-refractivity contribution in [3.63, 3.8) is 0 Å². The van der Waals surface area contributed by atoms with Crippen molar-refractivity contribution < 1.29 is 17.6 Å². The number of halogens is 4. The topological polar surface area (TPSA) is 80.5 Å². The highest BCUT2D eigenvalue weighted by Crippen LogP contribution is 2.28. The number of hydrogen-bond donors (Lipinski definition) is 2. The summed E-state index contributed by atoms with van der Waals surface area (Å²) in [6.07, 6.45) is 2.38. The lowest BCUT2D eigenvalue weighted by Gasteiger charge is -2.30. The average molecular weight is 409 g/mol. The van der Waals surface area contributed by atoms with Gasteiger partial charge >= 0.3 is 6.18 Å². The molecule has 0 saturated carbocycles. The molecule has 3 aromatic rings. The van der Waals surface area contributed by atoms with Gasteiger partial charge in [-0.25, -0.2) is 14.4 Å². The molecule has 0 radical (unpaired) electrons. The van der Waals surface area contributed by atoms with Crippen LogP contribution in [0.25, 0.3) is 22.3 Å². The number of anilines is 1. The van der Waals surface area contributed by atoms with Crippen molar-refractivity contribution in [2.75, 3.05) is 25.0 Å². The van der Waals surface area contributed by atoms with Crippen LogP contribution in [-0.2, 0) is 6.54 Å². The van der Waals surface area contributed by atoms with Crippen molar-refractivity contribution in [3.8, 4) is 11.3 Å². The van der Waals surface area contributed by atoms with Crippen LogP contribution < -0.4 is 10.6 Å². The van der Waals surface area contributed by atoms with Crippen LogP contribution in [0.3, 0.4) is 0 Å². The Kier molecular flexibility index (Phi) is 5.07. The first-order valence-electron chi connectivity index (χ1n) is 9.16. The first-order chi connectivity index (χ1) is 13.8. The highest BCUT2D eigenvalue weighted by Gasteiger charge is 2.32. The van der Waals surface area contributed by atoms with Crippen LogP contribution in [0.1, 0.15) is 12.8 Å². The van der Waals surface area contributed by atoms with Crippen LogP contribution in [0.5, 0.6) is 0 Å². The Morgan fingerprint density at radius 1 is 1.24 bits per heavy atom. The minimum Gasteiger partial charge on any atom is -0.365 e. The monoisotopic (exact) mass is 409 g/mol. The van der Waals surface area contributed by atoms with Gasteiger partial charge in [-0.3, -0.25) is 9.67 Å². The summed E-state index contributed by atoms with van der Waals surface area (Å²) in [7, 11) is 0. The summed E-state index contributed by atoms with van der Waals surface area (Å²) in [4.78, 5) is 13.0. The first kappa shape index (κ1) is 19.5. The van der Waals surface area contributed by atoms with Gasteiger partial charge in [-0.15, -0.1) is 0 Å². The average Bonchev–Trinajstić information content (AvgIpc) is 3.13. The van der Waals surface area contributed by atoms with E-state index >= 15 is 0 Å². The largest absolute Gasteiger partial charge is 0.408 e. The van der Waals surface area contributed by atoms with E-state index in [1.165, 1.54) is 24.8 Å². The Hall–Kier alpha value is -2.82. The molecule has 1 aliphatic rings. The summed E-state index contributed by atoms with van der Waals surface area (Å²) in [5.41, 5.74) is 0.328. The number of rotatable bonds is 5. The zero-order chi connectivity index (χ0) is 20.5. The van der Waals surface area contributed by atoms with Gasteiger partial charge < -0.3 is 10.6 Å². The van der Waals surface area contributed by atoms with Crippen LogP contribution >= 0.6 is 0 Å². The molecule has 11 heteroatoms. The number of pyridine rings is 1. The van der Waals surface area contributed by atoms with E-state index in [0.29, 0.717) is 34.5 Å². The van der Waals surface area contributed by atoms with Gasteiger partial charge in [0.15, 0.2) is 5.82 Å². The van der Waals surface area contributed by atoms with Crippen molar-refractivity contribution in [1.29, 1.82) is 0 Å². The summed E-state index contributed by atoms with van der Waals surface area (Å²) < 4.78 is 53.5. The van der Waals surface area contributed by atoms with Gasteiger partial charge in [0.25, 0.3) is 0 Å². The van der Waals surface area contributed by atoms with Gasteiger partial charge in [-0.05, 0) is 25.5 Å². The molecule has 0 amide bonds. The van der Waals surface area contributed by atoms with Crippen molar-refractivity contribution in [3.05, 3.63) is 30.9 Å². The zero-order valence-corrected chi connectivity index (χ0v) is 15.4. The number of aromatic nitrogens is 5. The molecule has 7 nitrogen and oxygen atoms in total. The van der Waals surface area contributed by atoms with Gasteiger partial charge in [0.2, 0.25) is 0 Å². The van der Waals surface area contributed by atoms with E-state index in [4.69, 9.17) is 0 Å². The fourth-order valence-electron chi connectivity index (χ4n) is 3.33. The molecule has 2 N–H and O–H groups in total. The number of nitrogens with one attached hydrogen (secondary N) is 2. The quantitative estimate of drug-likeness (QED) is 0.631. The maximum Gasteiger partial charge on any atom is 0.408 e. The van der Waals surface area contributed by atoms with Crippen molar-refractivity contribution in [2.24, 2.45) is 0 Å². The first-order valence-corrected chi connectivity index (χ1v) is 9.16. The Labute approximate surface area is 163 Å². The number of fused-ring (bicyclic) bond motifs is 1. The summed E-state index contributed by atoms with van der Waals surface area (Å²) in [5, 5.41) is 9.81. The molecule has 4 rings (SSSR count). The number of hydrogen-bond acceptors (Lipinski definition) is 6. The Bertz CT molecular complexity index is 995. The molecule has 4 heterocycles. The Balaban J connectivity index is 1.64. The van der Waals surface area contributed by atoms with Crippen LogP contribution in [-0.4, -0.2) is 56.2 Å². The predicted molar refractivity (Wildman–Crippen MR) is 99.0 cm³/mol. The minimum atomic E-state index is -4.37.